The highest BCUT2D eigenvalue weighted by Crippen LogP contribution is 2.35. The van der Waals surface area contributed by atoms with Crippen molar-refractivity contribution >= 4 is 22.4 Å². The second-order valence-electron chi connectivity index (χ2n) is 10.2. The lowest BCUT2D eigenvalue weighted by Gasteiger charge is -2.38. The van der Waals surface area contributed by atoms with Crippen molar-refractivity contribution in [3.05, 3.63) is 66.4 Å². The number of fused-ring (bicyclic) bond motifs is 1. The Morgan fingerprint density at radius 2 is 1.92 bits per heavy atom. The van der Waals surface area contributed by atoms with Gasteiger partial charge in [0.15, 0.2) is 0 Å². The molecule has 1 aromatic heterocycles. The minimum atomic E-state index is -0.133. The molecule has 1 amide bonds. The number of hydrogen-bond donors (Lipinski definition) is 2. The number of aromatic nitrogens is 1. The van der Waals surface area contributed by atoms with Gasteiger partial charge >= 0.3 is 0 Å². The van der Waals surface area contributed by atoms with Crippen molar-refractivity contribution in [2.75, 3.05) is 45.3 Å². The van der Waals surface area contributed by atoms with E-state index in [1.807, 2.05) is 42.5 Å². The summed E-state index contributed by atoms with van der Waals surface area (Å²) < 4.78 is 11.1. The molecule has 8 heteroatoms. The van der Waals surface area contributed by atoms with Gasteiger partial charge < -0.3 is 20.1 Å². The monoisotopic (exact) mass is 525 g/mol. The van der Waals surface area contributed by atoms with Gasteiger partial charge in [0, 0.05) is 48.2 Å². The third-order valence-corrected chi connectivity index (χ3v) is 7.71. The Morgan fingerprint density at radius 1 is 1.15 bits per heavy atom. The zero-order chi connectivity index (χ0) is 27.2. The van der Waals surface area contributed by atoms with Crippen LogP contribution in [0, 0.1) is 11.3 Å². The predicted molar refractivity (Wildman–Crippen MR) is 153 cm³/mol. The molecule has 0 radical (unpaired) electrons. The normalized spacial score (nSPS) is 19.7. The Morgan fingerprint density at radius 3 is 2.67 bits per heavy atom. The predicted octanol–water partition coefficient (Wildman–Crippen LogP) is 4.78. The quantitative estimate of drug-likeness (QED) is 0.409. The van der Waals surface area contributed by atoms with Crippen LogP contribution in [0.25, 0.3) is 22.0 Å². The molecule has 2 aliphatic rings. The van der Waals surface area contributed by atoms with Crippen LogP contribution in [0.3, 0.4) is 0 Å². The Hall–Kier alpha value is -3.93. The summed E-state index contributed by atoms with van der Waals surface area (Å²) in [6, 6.07) is 18.3. The van der Waals surface area contributed by atoms with Crippen molar-refractivity contribution in [2.45, 2.75) is 37.8 Å². The molecule has 0 unspecified atom stereocenters. The van der Waals surface area contributed by atoms with Crippen LogP contribution in [0.2, 0.25) is 0 Å². The van der Waals surface area contributed by atoms with Crippen LogP contribution < -0.4 is 15.4 Å². The highest BCUT2D eigenvalue weighted by Gasteiger charge is 2.28. The van der Waals surface area contributed by atoms with E-state index in [9.17, 15) is 4.79 Å². The van der Waals surface area contributed by atoms with Gasteiger partial charge in [-0.3, -0.25) is 9.69 Å². The van der Waals surface area contributed by atoms with Gasteiger partial charge in [0.05, 0.1) is 37.8 Å². The molecule has 8 nitrogen and oxygen atoms in total. The molecule has 2 heterocycles. The minimum Gasteiger partial charge on any atom is -0.495 e. The van der Waals surface area contributed by atoms with E-state index in [0.717, 1.165) is 79.7 Å². The van der Waals surface area contributed by atoms with E-state index in [1.165, 1.54) is 0 Å². The van der Waals surface area contributed by atoms with Gasteiger partial charge in [0.1, 0.15) is 11.4 Å². The van der Waals surface area contributed by atoms with Crippen LogP contribution in [0.15, 0.2) is 60.7 Å². The van der Waals surface area contributed by atoms with Crippen LogP contribution in [0.4, 0.5) is 5.69 Å². The summed E-state index contributed by atoms with van der Waals surface area (Å²) in [5.41, 5.74) is 3.24. The molecule has 3 aromatic rings. The molecule has 1 saturated heterocycles. The van der Waals surface area contributed by atoms with Crippen molar-refractivity contribution in [2.24, 2.45) is 0 Å². The summed E-state index contributed by atoms with van der Waals surface area (Å²) in [5, 5.41) is 17.6. The number of anilines is 1. The minimum absolute atomic E-state index is 0.133. The number of rotatable bonds is 8. The first-order valence-corrected chi connectivity index (χ1v) is 13.6. The van der Waals surface area contributed by atoms with Crippen LogP contribution in [0.1, 0.15) is 36.2 Å². The highest BCUT2D eigenvalue weighted by molar-refractivity contribution is 5.99. The maximum atomic E-state index is 13.1. The van der Waals surface area contributed by atoms with Gasteiger partial charge in [-0.25, -0.2) is 4.98 Å². The summed E-state index contributed by atoms with van der Waals surface area (Å²) in [7, 11) is 1.62. The number of pyridine rings is 1. The first-order valence-electron chi connectivity index (χ1n) is 13.6. The Bertz CT molecular complexity index is 1380. The molecular formula is C31H35N5O3. The summed E-state index contributed by atoms with van der Waals surface area (Å²) >= 11 is 0. The van der Waals surface area contributed by atoms with E-state index in [-0.39, 0.29) is 11.9 Å². The van der Waals surface area contributed by atoms with E-state index in [0.29, 0.717) is 29.6 Å². The number of benzene rings is 2. The number of nitriles is 1. The van der Waals surface area contributed by atoms with Crippen LogP contribution in [-0.4, -0.2) is 67.8 Å². The van der Waals surface area contributed by atoms with E-state index < -0.39 is 0 Å². The summed E-state index contributed by atoms with van der Waals surface area (Å²) in [5.74, 6) is 0.543. The van der Waals surface area contributed by atoms with E-state index in [4.69, 9.17) is 19.7 Å². The first-order chi connectivity index (χ1) is 19.1. The van der Waals surface area contributed by atoms with Gasteiger partial charge in [-0.05, 0) is 55.3 Å². The van der Waals surface area contributed by atoms with Crippen molar-refractivity contribution in [3.63, 3.8) is 0 Å². The van der Waals surface area contributed by atoms with Crippen LogP contribution in [-0.2, 0) is 4.74 Å². The SMILES string of the molecule is C=C(C#N)CNc1c(OC)ccc2ccc(-c3cccc(C(=O)N[C@H]4CC[C@H](N5CCOCC5)CC4)n3)cc12. The highest BCUT2D eigenvalue weighted by atomic mass is 16.5. The number of hydrogen-bond acceptors (Lipinski definition) is 7. The topological polar surface area (TPSA) is 99.5 Å². The Kier molecular flexibility index (Phi) is 8.40. The number of nitrogens with one attached hydrogen (secondary N) is 2. The molecule has 2 aromatic carbocycles. The second-order valence-corrected chi connectivity index (χ2v) is 10.2. The van der Waals surface area contributed by atoms with Crippen molar-refractivity contribution in [3.8, 4) is 23.1 Å². The van der Waals surface area contributed by atoms with Gasteiger partial charge in [-0.15, -0.1) is 0 Å². The van der Waals surface area contributed by atoms with Crippen molar-refractivity contribution in [1.29, 1.82) is 5.26 Å². The zero-order valence-electron chi connectivity index (χ0n) is 22.4. The molecule has 1 saturated carbocycles. The van der Waals surface area contributed by atoms with Crippen molar-refractivity contribution in [1.82, 2.24) is 15.2 Å². The summed E-state index contributed by atoms with van der Waals surface area (Å²) in [4.78, 5) is 20.4. The Labute approximate surface area is 229 Å². The number of carbonyl (C=O) groups excluding carboxylic acids is 1. The zero-order valence-corrected chi connectivity index (χ0v) is 22.4. The maximum Gasteiger partial charge on any atom is 0.270 e. The molecule has 5 rings (SSSR count). The molecular weight excluding hydrogens is 490 g/mol. The molecule has 1 aliphatic carbocycles. The third kappa shape index (κ3) is 6.22. The number of morpholine rings is 1. The molecule has 0 spiro atoms. The van der Waals surface area contributed by atoms with E-state index in [1.54, 1.807) is 13.2 Å². The number of methoxy groups -OCH3 is 1. The molecule has 0 atom stereocenters. The standard InChI is InChI=1S/C31H35N5O3/c1-21(19-32)20-33-30-26-18-23(7-6-22(26)8-13-29(30)38-2)27-4-3-5-28(35-27)31(37)34-24-9-11-25(12-10-24)36-14-16-39-17-15-36/h3-8,13,18,24-25,33H,1,9-12,14-17,20H2,2H3,(H,34,37)/t24-,25-. The lowest BCUT2D eigenvalue weighted by atomic mass is 9.90. The van der Waals surface area contributed by atoms with Gasteiger partial charge in [0.25, 0.3) is 5.91 Å². The second kappa shape index (κ2) is 12.3. The van der Waals surface area contributed by atoms with Gasteiger partial charge in [-0.1, -0.05) is 30.8 Å². The fraction of sp³-hybridized carbons (Fsp3) is 0.387. The third-order valence-electron chi connectivity index (χ3n) is 7.71. The molecule has 0 bridgehead atoms. The number of nitrogens with zero attached hydrogens (tertiary/aromatic N) is 3. The lowest BCUT2D eigenvalue weighted by molar-refractivity contribution is 0.00664. The molecule has 2 fully saturated rings. The Balaban J connectivity index is 1.30. The lowest BCUT2D eigenvalue weighted by Crippen LogP contribution is -2.47. The van der Waals surface area contributed by atoms with Crippen LogP contribution >= 0.6 is 0 Å². The summed E-state index contributed by atoms with van der Waals surface area (Å²) in [6.07, 6.45) is 4.15. The largest absolute Gasteiger partial charge is 0.495 e. The molecule has 2 N–H and O–H groups in total. The fourth-order valence-corrected chi connectivity index (χ4v) is 5.56. The number of ether oxygens (including phenoxy) is 2. The smallest absolute Gasteiger partial charge is 0.270 e. The fourth-order valence-electron chi connectivity index (χ4n) is 5.56. The molecule has 202 valence electrons. The van der Waals surface area contributed by atoms with Crippen molar-refractivity contribution < 1.29 is 14.3 Å². The van der Waals surface area contributed by atoms with Gasteiger partial charge in [-0.2, -0.15) is 5.26 Å². The maximum absolute atomic E-state index is 13.1. The average molecular weight is 526 g/mol. The first kappa shape index (κ1) is 26.7. The molecule has 39 heavy (non-hydrogen) atoms. The van der Waals surface area contributed by atoms with E-state index in [2.05, 4.69) is 28.2 Å². The van der Waals surface area contributed by atoms with Crippen LogP contribution in [0.5, 0.6) is 5.75 Å². The number of carbonyl (C=O) groups is 1. The molecule has 1 aliphatic heterocycles. The van der Waals surface area contributed by atoms with E-state index >= 15 is 0 Å². The number of amides is 1. The average Bonchev–Trinajstić information content (AvgIpc) is 3.00. The van der Waals surface area contributed by atoms with Gasteiger partial charge in [0.2, 0.25) is 0 Å². The summed E-state index contributed by atoms with van der Waals surface area (Å²) in [6.45, 7) is 7.73.